The van der Waals surface area contributed by atoms with Crippen LogP contribution < -0.4 is 5.32 Å². The Morgan fingerprint density at radius 1 is 1.59 bits per heavy atom. The quantitative estimate of drug-likeness (QED) is 0.804. The van der Waals surface area contributed by atoms with Gasteiger partial charge in [0, 0.05) is 13.0 Å². The predicted molar refractivity (Wildman–Crippen MR) is 59.5 cm³/mol. The lowest BCUT2D eigenvalue weighted by Gasteiger charge is -2.21. The highest BCUT2D eigenvalue weighted by Crippen LogP contribution is 2.14. The van der Waals surface area contributed by atoms with Crippen molar-refractivity contribution in [2.24, 2.45) is 0 Å². The van der Waals surface area contributed by atoms with Crippen molar-refractivity contribution in [3.8, 4) is 0 Å². The number of nitrogens with one attached hydrogen (secondary N) is 1. The van der Waals surface area contributed by atoms with Gasteiger partial charge in [0.25, 0.3) is 5.91 Å². The standard InChI is InChI=1S/C12H15NO4/c1-2-8-5-6-10(16-8)12(15)17-9-4-3-7-13-11(9)14/h5-6,9H,2-4,7H2,1H3,(H,13,14). The van der Waals surface area contributed by atoms with E-state index in [2.05, 4.69) is 5.32 Å². The van der Waals surface area contributed by atoms with E-state index in [4.69, 9.17) is 9.15 Å². The second kappa shape index (κ2) is 5.03. The van der Waals surface area contributed by atoms with Crippen molar-refractivity contribution < 1.29 is 18.7 Å². The number of piperidine rings is 1. The molecule has 1 unspecified atom stereocenters. The number of carbonyl (C=O) groups is 2. The van der Waals surface area contributed by atoms with Crippen molar-refractivity contribution in [3.63, 3.8) is 0 Å². The SMILES string of the molecule is CCc1ccc(C(=O)OC2CCCNC2=O)o1. The summed E-state index contributed by atoms with van der Waals surface area (Å²) in [6, 6.07) is 3.30. The van der Waals surface area contributed by atoms with E-state index in [-0.39, 0.29) is 11.7 Å². The number of carbonyl (C=O) groups excluding carboxylic acids is 2. The number of furan rings is 1. The molecule has 0 aromatic carbocycles. The molecule has 1 saturated heterocycles. The van der Waals surface area contributed by atoms with E-state index in [1.807, 2.05) is 6.92 Å². The van der Waals surface area contributed by atoms with Crippen molar-refractivity contribution in [1.29, 1.82) is 0 Å². The number of ether oxygens (including phenoxy) is 1. The molecule has 0 saturated carbocycles. The molecular weight excluding hydrogens is 222 g/mol. The van der Waals surface area contributed by atoms with Gasteiger partial charge in [-0.05, 0) is 25.0 Å². The van der Waals surface area contributed by atoms with Crippen LogP contribution in [0.3, 0.4) is 0 Å². The molecule has 1 N–H and O–H groups in total. The highest BCUT2D eigenvalue weighted by molar-refractivity contribution is 5.90. The van der Waals surface area contributed by atoms with Gasteiger partial charge in [0.1, 0.15) is 5.76 Å². The Balaban J connectivity index is 1.98. The van der Waals surface area contributed by atoms with Crippen molar-refractivity contribution in [2.45, 2.75) is 32.3 Å². The number of esters is 1. The summed E-state index contributed by atoms with van der Waals surface area (Å²) in [4.78, 5) is 23.1. The van der Waals surface area contributed by atoms with Crippen molar-refractivity contribution in [2.75, 3.05) is 6.54 Å². The van der Waals surface area contributed by atoms with E-state index >= 15 is 0 Å². The summed E-state index contributed by atoms with van der Waals surface area (Å²) in [6.07, 6.45) is 1.42. The average molecular weight is 237 g/mol. The topological polar surface area (TPSA) is 68.5 Å². The number of amides is 1. The lowest BCUT2D eigenvalue weighted by molar-refractivity contribution is -0.132. The first kappa shape index (κ1) is 11.7. The third-order valence-electron chi connectivity index (χ3n) is 2.70. The third kappa shape index (κ3) is 2.67. The first-order valence-electron chi connectivity index (χ1n) is 5.78. The molecule has 1 fully saturated rings. The molecule has 1 atom stereocenters. The van der Waals surface area contributed by atoms with Crippen LogP contribution in [0.15, 0.2) is 16.5 Å². The van der Waals surface area contributed by atoms with Gasteiger partial charge < -0.3 is 14.5 Å². The zero-order valence-corrected chi connectivity index (χ0v) is 9.69. The normalized spacial score (nSPS) is 19.8. The summed E-state index contributed by atoms with van der Waals surface area (Å²) < 4.78 is 10.4. The lowest BCUT2D eigenvalue weighted by atomic mass is 10.1. The molecular formula is C12H15NO4. The third-order valence-corrected chi connectivity index (χ3v) is 2.70. The highest BCUT2D eigenvalue weighted by Gasteiger charge is 2.27. The summed E-state index contributed by atoms with van der Waals surface area (Å²) in [5.74, 6) is 0.0730. The minimum atomic E-state index is -0.688. The average Bonchev–Trinajstić information content (AvgIpc) is 2.81. The molecule has 2 rings (SSSR count). The first-order valence-corrected chi connectivity index (χ1v) is 5.78. The zero-order valence-electron chi connectivity index (χ0n) is 9.69. The van der Waals surface area contributed by atoms with Crippen LogP contribution in [-0.4, -0.2) is 24.5 Å². The monoisotopic (exact) mass is 237 g/mol. The smallest absolute Gasteiger partial charge is 0.375 e. The van der Waals surface area contributed by atoms with Crippen LogP contribution in [0.4, 0.5) is 0 Å². The Labute approximate surface area is 99.1 Å². The van der Waals surface area contributed by atoms with E-state index in [1.165, 1.54) is 0 Å². The van der Waals surface area contributed by atoms with E-state index < -0.39 is 12.1 Å². The highest BCUT2D eigenvalue weighted by atomic mass is 16.6. The van der Waals surface area contributed by atoms with E-state index in [0.29, 0.717) is 13.0 Å². The first-order chi connectivity index (χ1) is 8.20. The summed E-state index contributed by atoms with van der Waals surface area (Å²) in [6.45, 7) is 2.58. The van der Waals surface area contributed by atoms with Crippen molar-refractivity contribution in [3.05, 3.63) is 23.7 Å². The molecule has 0 aliphatic carbocycles. The van der Waals surface area contributed by atoms with E-state index in [9.17, 15) is 9.59 Å². The molecule has 0 bridgehead atoms. The van der Waals surface area contributed by atoms with Crippen LogP contribution >= 0.6 is 0 Å². The molecule has 92 valence electrons. The van der Waals surface area contributed by atoms with Crippen molar-refractivity contribution >= 4 is 11.9 Å². The Hall–Kier alpha value is -1.78. The van der Waals surface area contributed by atoms with Gasteiger partial charge in [0.05, 0.1) is 0 Å². The molecule has 1 aliphatic rings. The van der Waals surface area contributed by atoms with Crippen LogP contribution in [0.2, 0.25) is 0 Å². The molecule has 1 amide bonds. The number of rotatable bonds is 3. The molecule has 1 aliphatic heterocycles. The molecule has 1 aromatic heterocycles. The van der Waals surface area contributed by atoms with Gasteiger partial charge in [0.2, 0.25) is 5.76 Å². The summed E-state index contributed by atoms with van der Waals surface area (Å²) >= 11 is 0. The van der Waals surface area contributed by atoms with Crippen molar-refractivity contribution in [1.82, 2.24) is 5.32 Å². The molecule has 5 nitrogen and oxygen atoms in total. The van der Waals surface area contributed by atoms with Gasteiger partial charge >= 0.3 is 5.97 Å². The molecule has 2 heterocycles. The van der Waals surface area contributed by atoms with Gasteiger partial charge in [-0.15, -0.1) is 0 Å². The Bertz CT molecular complexity index is 424. The van der Waals surface area contributed by atoms with Crippen LogP contribution in [0.1, 0.15) is 36.1 Å². The minimum Gasteiger partial charge on any atom is -0.454 e. The Morgan fingerprint density at radius 3 is 3.06 bits per heavy atom. The Kier molecular flexibility index (Phi) is 3.46. The van der Waals surface area contributed by atoms with E-state index in [1.54, 1.807) is 12.1 Å². The zero-order chi connectivity index (χ0) is 12.3. The van der Waals surface area contributed by atoms with Crippen LogP contribution in [-0.2, 0) is 16.0 Å². The second-order valence-corrected chi connectivity index (χ2v) is 3.95. The summed E-state index contributed by atoms with van der Waals surface area (Å²) in [5.41, 5.74) is 0. The molecule has 0 radical (unpaired) electrons. The molecule has 5 heteroatoms. The number of hydrogen-bond acceptors (Lipinski definition) is 4. The van der Waals surface area contributed by atoms with E-state index in [0.717, 1.165) is 18.6 Å². The molecule has 17 heavy (non-hydrogen) atoms. The fraction of sp³-hybridized carbons (Fsp3) is 0.500. The summed E-state index contributed by atoms with van der Waals surface area (Å²) in [5, 5.41) is 2.66. The van der Waals surface area contributed by atoms with Crippen LogP contribution in [0.5, 0.6) is 0 Å². The maximum atomic E-state index is 11.7. The maximum Gasteiger partial charge on any atom is 0.375 e. The fourth-order valence-corrected chi connectivity index (χ4v) is 1.72. The maximum absolute atomic E-state index is 11.7. The second-order valence-electron chi connectivity index (χ2n) is 3.95. The fourth-order valence-electron chi connectivity index (χ4n) is 1.72. The molecule has 1 aromatic rings. The van der Waals surface area contributed by atoms with Crippen LogP contribution in [0.25, 0.3) is 0 Å². The van der Waals surface area contributed by atoms with Gasteiger partial charge in [0.15, 0.2) is 6.10 Å². The number of hydrogen-bond donors (Lipinski definition) is 1. The van der Waals surface area contributed by atoms with Gasteiger partial charge in [-0.2, -0.15) is 0 Å². The van der Waals surface area contributed by atoms with Crippen LogP contribution in [0, 0.1) is 0 Å². The minimum absolute atomic E-state index is 0.153. The largest absolute Gasteiger partial charge is 0.454 e. The Morgan fingerprint density at radius 2 is 2.41 bits per heavy atom. The number of aryl methyl sites for hydroxylation is 1. The molecule has 0 spiro atoms. The van der Waals surface area contributed by atoms with Gasteiger partial charge in [-0.25, -0.2) is 4.79 Å². The predicted octanol–water partition coefficient (Wildman–Crippen LogP) is 1.28. The van der Waals surface area contributed by atoms with Gasteiger partial charge in [-0.3, -0.25) is 4.79 Å². The summed E-state index contributed by atoms with van der Waals surface area (Å²) in [7, 11) is 0. The van der Waals surface area contributed by atoms with Gasteiger partial charge in [-0.1, -0.05) is 6.92 Å². The lowest BCUT2D eigenvalue weighted by Crippen LogP contribution is -2.42.